The largest absolute Gasteiger partial charge is 0.507 e. The normalized spacial score (nSPS) is 9.92. The van der Waals surface area contributed by atoms with E-state index < -0.39 is 4.92 Å². The first-order valence-electron chi connectivity index (χ1n) is 3.43. The summed E-state index contributed by atoms with van der Waals surface area (Å²) in [6, 6.07) is 3.71. The van der Waals surface area contributed by atoms with Crippen molar-refractivity contribution in [2.45, 2.75) is 6.61 Å². The Morgan fingerprint density at radius 3 is 2.77 bits per heavy atom. The first kappa shape index (κ1) is 9.43. The third-order valence-electron chi connectivity index (χ3n) is 1.52. The summed E-state index contributed by atoms with van der Waals surface area (Å²) in [6.07, 6.45) is 0. The summed E-state index contributed by atoms with van der Waals surface area (Å²) in [5.74, 6) is 4.59. The highest BCUT2D eigenvalue weighted by Crippen LogP contribution is 2.23. The van der Waals surface area contributed by atoms with Crippen LogP contribution in [0.4, 0.5) is 5.69 Å². The summed E-state index contributed by atoms with van der Waals surface area (Å²) < 4.78 is 0. The molecule has 0 aromatic heterocycles. The van der Waals surface area contributed by atoms with Gasteiger partial charge in [0, 0.05) is 11.6 Å². The highest BCUT2D eigenvalue weighted by molar-refractivity contribution is 5.43. The first-order valence-corrected chi connectivity index (χ1v) is 3.43. The first-order chi connectivity index (χ1) is 6.15. The lowest BCUT2D eigenvalue weighted by Crippen LogP contribution is -1.99. The van der Waals surface area contributed by atoms with E-state index in [1.165, 1.54) is 12.1 Å². The standard InChI is InChI=1S/C7H8N2O4/c8-13-4-5-1-2-6(9(11)12)3-7(5)10/h1-3,10H,4,8H2. The lowest BCUT2D eigenvalue weighted by atomic mass is 10.2. The molecular formula is C7H8N2O4. The lowest BCUT2D eigenvalue weighted by Gasteiger charge is -2.01. The number of nitrogens with two attached hydrogens (primary N) is 1. The fourth-order valence-electron chi connectivity index (χ4n) is 0.878. The molecule has 0 atom stereocenters. The Labute approximate surface area is 73.7 Å². The summed E-state index contributed by atoms with van der Waals surface area (Å²) in [5.41, 5.74) is 0.242. The van der Waals surface area contributed by atoms with Gasteiger partial charge < -0.3 is 5.11 Å². The summed E-state index contributed by atoms with van der Waals surface area (Å²) in [6.45, 7) is 0.0177. The molecule has 3 N–H and O–H groups in total. The van der Waals surface area contributed by atoms with Gasteiger partial charge in [-0.2, -0.15) is 0 Å². The molecule has 0 aliphatic heterocycles. The van der Waals surface area contributed by atoms with Crippen molar-refractivity contribution < 1.29 is 14.9 Å². The maximum atomic E-state index is 10.3. The molecular weight excluding hydrogens is 176 g/mol. The van der Waals surface area contributed by atoms with Gasteiger partial charge in [0.25, 0.3) is 5.69 Å². The Morgan fingerprint density at radius 2 is 2.31 bits per heavy atom. The van der Waals surface area contributed by atoms with Gasteiger partial charge in [-0.05, 0) is 6.07 Å². The second kappa shape index (κ2) is 3.83. The summed E-state index contributed by atoms with van der Waals surface area (Å²) in [7, 11) is 0. The lowest BCUT2D eigenvalue weighted by molar-refractivity contribution is -0.385. The highest BCUT2D eigenvalue weighted by Gasteiger charge is 2.09. The van der Waals surface area contributed by atoms with Crippen LogP contribution in [-0.4, -0.2) is 10.0 Å². The van der Waals surface area contributed by atoms with E-state index in [2.05, 4.69) is 4.84 Å². The van der Waals surface area contributed by atoms with Crippen LogP contribution in [0.5, 0.6) is 5.75 Å². The maximum absolute atomic E-state index is 10.3. The zero-order valence-corrected chi connectivity index (χ0v) is 6.64. The summed E-state index contributed by atoms with van der Waals surface area (Å²) in [5, 5.41) is 19.5. The van der Waals surface area contributed by atoms with Crippen molar-refractivity contribution in [2.24, 2.45) is 5.90 Å². The number of phenolic OH excluding ortho intramolecular Hbond substituents is 1. The molecule has 1 aromatic rings. The molecule has 6 nitrogen and oxygen atoms in total. The average molecular weight is 184 g/mol. The van der Waals surface area contributed by atoms with Crippen LogP contribution in [0.25, 0.3) is 0 Å². The van der Waals surface area contributed by atoms with Gasteiger partial charge in [-0.25, -0.2) is 5.90 Å². The molecule has 6 heteroatoms. The Balaban J connectivity index is 2.98. The number of nitro groups is 1. The predicted octanol–water partition coefficient (Wildman–Crippen LogP) is 0.691. The number of phenols is 1. The van der Waals surface area contributed by atoms with Crippen LogP contribution < -0.4 is 5.90 Å². The smallest absolute Gasteiger partial charge is 0.273 e. The van der Waals surface area contributed by atoms with Crippen LogP contribution in [0.3, 0.4) is 0 Å². The van der Waals surface area contributed by atoms with Crippen LogP contribution in [0.2, 0.25) is 0 Å². The molecule has 0 saturated heterocycles. The van der Waals surface area contributed by atoms with Crippen LogP contribution >= 0.6 is 0 Å². The number of nitro benzene ring substituents is 1. The van der Waals surface area contributed by atoms with E-state index in [-0.39, 0.29) is 18.0 Å². The quantitative estimate of drug-likeness (QED) is 0.531. The minimum Gasteiger partial charge on any atom is -0.507 e. The van der Waals surface area contributed by atoms with E-state index in [0.29, 0.717) is 5.56 Å². The van der Waals surface area contributed by atoms with Gasteiger partial charge in [-0.1, -0.05) is 0 Å². The minimum atomic E-state index is -0.590. The SMILES string of the molecule is NOCc1ccc([N+](=O)[O-])cc1O. The predicted molar refractivity (Wildman–Crippen MR) is 43.7 cm³/mol. The van der Waals surface area contributed by atoms with Crippen molar-refractivity contribution in [3.63, 3.8) is 0 Å². The van der Waals surface area contributed by atoms with E-state index in [1.807, 2.05) is 0 Å². The molecule has 0 bridgehead atoms. The number of hydrogen-bond acceptors (Lipinski definition) is 5. The van der Waals surface area contributed by atoms with Crippen molar-refractivity contribution in [3.8, 4) is 5.75 Å². The van der Waals surface area contributed by atoms with Crippen LogP contribution in [0.15, 0.2) is 18.2 Å². The molecule has 0 heterocycles. The van der Waals surface area contributed by atoms with E-state index >= 15 is 0 Å². The average Bonchev–Trinajstić information content (AvgIpc) is 2.08. The molecule has 0 aliphatic carbocycles. The molecule has 0 radical (unpaired) electrons. The van der Waals surface area contributed by atoms with Crippen molar-refractivity contribution in [1.29, 1.82) is 0 Å². The number of benzene rings is 1. The van der Waals surface area contributed by atoms with Crippen molar-refractivity contribution in [2.75, 3.05) is 0 Å². The van der Waals surface area contributed by atoms with Gasteiger partial charge in [-0.3, -0.25) is 15.0 Å². The van der Waals surface area contributed by atoms with E-state index in [4.69, 9.17) is 5.90 Å². The molecule has 0 spiro atoms. The zero-order chi connectivity index (χ0) is 9.84. The molecule has 0 fully saturated rings. The van der Waals surface area contributed by atoms with Gasteiger partial charge in [0.15, 0.2) is 0 Å². The van der Waals surface area contributed by atoms with Crippen molar-refractivity contribution in [1.82, 2.24) is 0 Å². The number of nitrogens with zero attached hydrogens (tertiary/aromatic N) is 1. The van der Waals surface area contributed by atoms with Crippen LogP contribution in [0, 0.1) is 10.1 Å². The minimum absolute atomic E-state index is 0.0177. The van der Waals surface area contributed by atoms with Crippen LogP contribution in [-0.2, 0) is 11.4 Å². The number of rotatable bonds is 3. The Bertz CT molecular complexity index is 326. The van der Waals surface area contributed by atoms with Crippen LogP contribution in [0.1, 0.15) is 5.56 Å². The fraction of sp³-hybridized carbons (Fsp3) is 0.143. The second-order valence-electron chi connectivity index (χ2n) is 2.38. The molecule has 0 unspecified atom stereocenters. The number of hydrogen-bond donors (Lipinski definition) is 2. The van der Waals surface area contributed by atoms with Gasteiger partial charge in [0.05, 0.1) is 17.6 Å². The summed E-state index contributed by atoms with van der Waals surface area (Å²) >= 11 is 0. The van der Waals surface area contributed by atoms with Gasteiger partial charge in [0.2, 0.25) is 0 Å². The highest BCUT2D eigenvalue weighted by atomic mass is 16.6. The molecule has 13 heavy (non-hydrogen) atoms. The van der Waals surface area contributed by atoms with E-state index in [9.17, 15) is 15.2 Å². The topological polar surface area (TPSA) is 98.6 Å². The third kappa shape index (κ3) is 2.14. The van der Waals surface area contributed by atoms with Gasteiger partial charge >= 0.3 is 0 Å². The van der Waals surface area contributed by atoms with Crippen molar-refractivity contribution in [3.05, 3.63) is 33.9 Å². The molecule has 70 valence electrons. The molecule has 0 saturated carbocycles. The van der Waals surface area contributed by atoms with E-state index in [0.717, 1.165) is 6.07 Å². The summed E-state index contributed by atoms with van der Waals surface area (Å²) in [4.78, 5) is 13.9. The van der Waals surface area contributed by atoms with Crippen molar-refractivity contribution >= 4 is 5.69 Å². The molecule has 0 amide bonds. The number of non-ortho nitro benzene ring substituents is 1. The fourth-order valence-corrected chi connectivity index (χ4v) is 0.878. The maximum Gasteiger partial charge on any atom is 0.273 e. The number of aromatic hydroxyl groups is 1. The molecule has 1 aromatic carbocycles. The third-order valence-corrected chi connectivity index (χ3v) is 1.52. The zero-order valence-electron chi connectivity index (χ0n) is 6.64. The second-order valence-corrected chi connectivity index (χ2v) is 2.38. The Kier molecular flexibility index (Phi) is 2.78. The van der Waals surface area contributed by atoms with Gasteiger partial charge in [0.1, 0.15) is 5.75 Å². The van der Waals surface area contributed by atoms with Gasteiger partial charge in [-0.15, -0.1) is 0 Å². The Hall–Kier alpha value is -1.66. The monoisotopic (exact) mass is 184 g/mol. The Morgan fingerprint density at radius 1 is 1.62 bits per heavy atom. The van der Waals surface area contributed by atoms with E-state index in [1.54, 1.807) is 0 Å². The molecule has 1 rings (SSSR count). The molecule has 0 aliphatic rings.